The van der Waals surface area contributed by atoms with Crippen LogP contribution in [0.15, 0.2) is 24.5 Å². The number of hydrogen-bond acceptors (Lipinski definition) is 4. The molecule has 0 aliphatic heterocycles. The molecule has 0 fully saturated rings. The van der Waals surface area contributed by atoms with Crippen molar-refractivity contribution < 1.29 is 4.79 Å². The van der Waals surface area contributed by atoms with Gasteiger partial charge in [-0.2, -0.15) is 5.26 Å². The van der Waals surface area contributed by atoms with Gasteiger partial charge in [0.2, 0.25) is 0 Å². The Labute approximate surface area is 89.2 Å². The monoisotopic (exact) mass is 203 g/mol. The van der Waals surface area contributed by atoms with Crippen LogP contribution in [-0.4, -0.2) is 29.3 Å². The van der Waals surface area contributed by atoms with Crippen LogP contribution >= 0.6 is 0 Å². The lowest BCUT2D eigenvalue weighted by Gasteiger charge is -2.14. The van der Waals surface area contributed by atoms with Crippen molar-refractivity contribution in [3.8, 4) is 6.07 Å². The highest BCUT2D eigenvalue weighted by Gasteiger charge is 2.06. The van der Waals surface area contributed by atoms with Gasteiger partial charge in [0.05, 0.1) is 19.0 Å². The van der Waals surface area contributed by atoms with Crippen LogP contribution in [-0.2, 0) is 11.3 Å². The molecule has 1 rings (SSSR count). The lowest BCUT2D eigenvalue weighted by molar-refractivity contribution is -0.119. The number of likely N-dealkylation sites (N-methyl/N-ethyl adjacent to an activating group) is 1. The molecule has 0 atom stereocenters. The number of Topliss-reactive ketones (excluding diaryl/α,β-unsaturated/α-hetero) is 1. The number of nitriles is 1. The van der Waals surface area contributed by atoms with E-state index in [0.717, 1.165) is 5.56 Å². The molecule has 0 aromatic carbocycles. The largest absolute Gasteiger partial charge is 0.297 e. The fraction of sp³-hybridized carbons (Fsp3) is 0.364. The molecule has 0 unspecified atom stereocenters. The lowest BCUT2D eigenvalue weighted by atomic mass is 10.2. The molecule has 0 bridgehead atoms. The molecule has 0 aliphatic carbocycles. The number of hydrogen-bond donors (Lipinski definition) is 0. The number of ketones is 1. The third kappa shape index (κ3) is 4.34. The maximum absolute atomic E-state index is 11.2. The Morgan fingerprint density at radius 2 is 2.47 bits per heavy atom. The maximum atomic E-state index is 11.2. The van der Waals surface area contributed by atoms with Gasteiger partial charge in [-0.15, -0.1) is 0 Å². The van der Waals surface area contributed by atoms with Gasteiger partial charge in [-0.3, -0.25) is 14.7 Å². The zero-order valence-corrected chi connectivity index (χ0v) is 8.68. The second kappa shape index (κ2) is 5.89. The van der Waals surface area contributed by atoms with E-state index in [0.29, 0.717) is 13.1 Å². The molecule has 15 heavy (non-hydrogen) atoms. The highest BCUT2D eigenvalue weighted by atomic mass is 16.1. The molecule has 78 valence electrons. The quantitative estimate of drug-likeness (QED) is 0.716. The van der Waals surface area contributed by atoms with Crippen molar-refractivity contribution in [2.75, 3.05) is 13.6 Å². The number of pyridine rings is 1. The first kappa shape index (κ1) is 11.3. The van der Waals surface area contributed by atoms with Gasteiger partial charge in [0.25, 0.3) is 0 Å². The minimum Gasteiger partial charge on any atom is -0.297 e. The van der Waals surface area contributed by atoms with Gasteiger partial charge < -0.3 is 0 Å². The van der Waals surface area contributed by atoms with E-state index >= 15 is 0 Å². The Kier molecular flexibility index (Phi) is 4.45. The summed E-state index contributed by atoms with van der Waals surface area (Å²) in [5.41, 5.74) is 1.06. The molecule has 0 spiro atoms. The molecule has 0 saturated heterocycles. The van der Waals surface area contributed by atoms with E-state index in [1.807, 2.05) is 30.1 Å². The minimum absolute atomic E-state index is 0.0165. The zero-order chi connectivity index (χ0) is 11.1. The summed E-state index contributed by atoms with van der Waals surface area (Å²) in [7, 11) is 1.85. The third-order valence-electron chi connectivity index (χ3n) is 1.90. The van der Waals surface area contributed by atoms with Gasteiger partial charge in [0.1, 0.15) is 0 Å². The van der Waals surface area contributed by atoms with Crippen LogP contribution in [0.5, 0.6) is 0 Å². The molecule has 0 amide bonds. The summed E-state index contributed by atoms with van der Waals surface area (Å²) in [5.74, 6) is -0.0520. The Bertz CT molecular complexity index is 356. The third-order valence-corrected chi connectivity index (χ3v) is 1.90. The van der Waals surface area contributed by atoms with Crippen molar-refractivity contribution in [3.63, 3.8) is 0 Å². The van der Waals surface area contributed by atoms with Crippen molar-refractivity contribution in [3.05, 3.63) is 30.1 Å². The summed E-state index contributed by atoms with van der Waals surface area (Å²) in [6.45, 7) is 0.980. The predicted octanol–water partition coefficient (Wildman–Crippen LogP) is 0.996. The second-order valence-corrected chi connectivity index (χ2v) is 3.41. The van der Waals surface area contributed by atoms with E-state index in [1.165, 1.54) is 0 Å². The Hall–Kier alpha value is -1.73. The van der Waals surface area contributed by atoms with Gasteiger partial charge in [-0.25, -0.2) is 0 Å². The molecule has 0 aliphatic rings. The fourth-order valence-electron chi connectivity index (χ4n) is 1.30. The summed E-state index contributed by atoms with van der Waals surface area (Å²) in [4.78, 5) is 17.0. The van der Waals surface area contributed by atoms with E-state index in [-0.39, 0.29) is 12.2 Å². The van der Waals surface area contributed by atoms with Crippen LogP contribution in [0.4, 0.5) is 0 Å². The standard InChI is InChI=1S/C11H13N3O/c1-14(9-11(15)4-5-12)8-10-3-2-6-13-7-10/h2-3,6-7H,4,8-9H2,1H3. The Morgan fingerprint density at radius 1 is 1.67 bits per heavy atom. The van der Waals surface area contributed by atoms with E-state index in [2.05, 4.69) is 4.98 Å². The molecular formula is C11H13N3O. The van der Waals surface area contributed by atoms with Crippen LogP contribution in [0, 0.1) is 11.3 Å². The summed E-state index contributed by atoms with van der Waals surface area (Å²) in [6.07, 6.45) is 3.47. The van der Waals surface area contributed by atoms with E-state index in [1.54, 1.807) is 12.4 Å². The summed E-state index contributed by atoms with van der Waals surface area (Å²) < 4.78 is 0. The van der Waals surface area contributed by atoms with Crippen molar-refractivity contribution >= 4 is 5.78 Å². The van der Waals surface area contributed by atoms with E-state index in [4.69, 9.17) is 5.26 Å². The van der Waals surface area contributed by atoms with Crippen molar-refractivity contribution in [1.29, 1.82) is 5.26 Å². The van der Waals surface area contributed by atoms with E-state index in [9.17, 15) is 4.79 Å². The number of rotatable bonds is 5. The van der Waals surface area contributed by atoms with Crippen LogP contribution in [0.25, 0.3) is 0 Å². The topological polar surface area (TPSA) is 57.0 Å². The van der Waals surface area contributed by atoms with Crippen LogP contribution in [0.1, 0.15) is 12.0 Å². The Morgan fingerprint density at radius 3 is 3.07 bits per heavy atom. The first-order valence-electron chi connectivity index (χ1n) is 4.68. The average Bonchev–Trinajstić information content (AvgIpc) is 2.19. The smallest absolute Gasteiger partial charge is 0.160 e. The molecule has 4 heteroatoms. The van der Waals surface area contributed by atoms with Crippen LogP contribution < -0.4 is 0 Å². The van der Waals surface area contributed by atoms with Gasteiger partial charge in [-0.05, 0) is 18.7 Å². The normalized spacial score (nSPS) is 9.93. The molecule has 0 N–H and O–H groups in total. The van der Waals surface area contributed by atoms with Gasteiger partial charge >= 0.3 is 0 Å². The molecule has 1 aromatic heterocycles. The highest BCUT2D eigenvalue weighted by Crippen LogP contribution is 2.00. The molecule has 1 heterocycles. The SMILES string of the molecule is CN(CC(=O)CC#N)Cc1cccnc1. The molecule has 1 aromatic rings. The second-order valence-electron chi connectivity index (χ2n) is 3.41. The maximum Gasteiger partial charge on any atom is 0.160 e. The number of aromatic nitrogens is 1. The van der Waals surface area contributed by atoms with Gasteiger partial charge in [0, 0.05) is 18.9 Å². The van der Waals surface area contributed by atoms with Crippen molar-refractivity contribution in [1.82, 2.24) is 9.88 Å². The lowest BCUT2D eigenvalue weighted by Crippen LogP contribution is -2.25. The Balaban J connectivity index is 2.40. The number of nitrogens with zero attached hydrogens (tertiary/aromatic N) is 3. The molecule has 0 saturated carbocycles. The van der Waals surface area contributed by atoms with Crippen LogP contribution in [0.3, 0.4) is 0 Å². The van der Waals surface area contributed by atoms with E-state index < -0.39 is 0 Å². The predicted molar refractivity (Wildman–Crippen MR) is 55.8 cm³/mol. The van der Waals surface area contributed by atoms with Crippen LogP contribution in [0.2, 0.25) is 0 Å². The van der Waals surface area contributed by atoms with Gasteiger partial charge in [0.15, 0.2) is 5.78 Å². The first-order valence-corrected chi connectivity index (χ1v) is 4.68. The summed E-state index contributed by atoms with van der Waals surface area (Å²) >= 11 is 0. The highest BCUT2D eigenvalue weighted by molar-refractivity contribution is 5.82. The molecular weight excluding hydrogens is 190 g/mol. The van der Waals surface area contributed by atoms with Crippen molar-refractivity contribution in [2.24, 2.45) is 0 Å². The number of carbonyl (C=O) groups excluding carboxylic acids is 1. The first-order chi connectivity index (χ1) is 7.22. The summed E-state index contributed by atoms with van der Waals surface area (Å²) in [6, 6.07) is 5.67. The number of carbonyl (C=O) groups is 1. The average molecular weight is 203 g/mol. The fourth-order valence-corrected chi connectivity index (χ4v) is 1.30. The zero-order valence-electron chi connectivity index (χ0n) is 8.68. The summed E-state index contributed by atoms with van der Waals surface area (Å²) in [5, 5.41) is 8.34. The molecule has 4 nitrogen and oxygen atoms in total. The van der Waals surface area contributed by atoms with Crippen molar-refractivity contribution in [2.45, 2.75) is 13.0 Å². The molecule has 0 radical (unpaired) electrons. The minimum atomic E-state index is -0.0520. The van der Waals surface area contributed by atoms with Gasteiger partial charge in [-0.1, -0.05) is 6.07 Å².